The Hall–Kier alpha value is -3.59. The molecule has 0 saturated carbocycles. The van der Waals surface area contributed by atoms with Gasteiger partial charge in [0.25, 0.3) is 11.4 Å². The molecule has 5 rings (SSSR count). The highest BCUT2D eigenvalue weighted by molar-refractivity contribution is 5.74. The summed E-state index contributed by atoms with van der Waals surface area (Å²) in [5.74, 6) is 0.967. The molecule has 4 aromatic heterocycles. The van der Waals surface area contributed by atoms with Gasteiger partial charge in [-0.25, -0.2) is 4.98 Å². The number of rotatable bonds is 4. The average Bonchev–Trinajstić information content (AvgIpc) is 3.22. The lowest BCUT2D eigenvalue weighted by Crippen LogP contribution is -2.46. The number of nitrogens with one attached hydrogen (secondary N) is 1. The van der Waals surface area contributed by atoms with E-state index in [0.29, 0.717) is 23.0 Å². The summed E-state index contributed by atoms with van der Waals surface area (Å²) in [6, 6.07) is 7.81. The van der Waals surface area contributed by atoms with E-state index in [4.69, 9.17) is 4.42 Å². The summed E-state index contributed by atoms with van der Waals surface area (Å²) in [6.07, 6.45) is 3.75. The van der Waals surface area contributed by atoms with Crippen LogP contribution in [0.15, 0.2) is 45.9 Å². The standard InChI is InChI=1S/C22H23N7O2/c1-14-9-19-20(25-21(14)30)10-16(11-23-19)13-28-5-7-29(8-6-28)17-3-4-18(24-12-17)22-27-26-15(2)31-22/h3-4,9-12H,5-8,13H2,1-2H3,(H,25,30). The molecule has 1 aliphatic heterocycles. The molecule has 9 nitrogen and oxygen atoms in total. The van der Waals surface area contributed by atoms with Crippen LogP contribution in [-0.2, 0) is 6.54 Å². The summed E-state index contributed by atoms with van der Waals surface area (Å²) in [4.78, 5) is 28.5. The summed E-state index contributed by atoms with van der Waals surface area (Å²) in [6.45, 7) is 8.07. The predicted molar refractivity (Wildman–Crippen MR) is 117 cm³/mol. The summed E-state index contributed by atoms with van der Waals surface area (Å²) < 4.78 is 5.43. The lowest BCUT2D eigenvalue weighted by Gasteiger charge is -2.36. The minimum Gasteiger partial charge on any atom is -0.420 e. The van der Waals surface area contributed by atoms with E-state index in [1.165, 1.54) is 0 Å². The van der Waals surface area contributed by atoms with E-state index in [2.05, 4.69) is 34.9 Å². The lowest BCUT2D eigenvalue weighted by molar-refractivity contribution is 0.249. The number of aromatic nitrogens is 5. The lowest BCUT2D eigenvalue weighted by atomic mass is 10.2. The van der Waals surface area contributed by atoms with Gasteiger partial charge in [0.05, 0.1) is 22.9 Å². The molecule has 5 heterocycles. The fourth-order valence-corrected chi connectivity index (χ4v) is 3.83. The van der Waals surface area contributed by atoms with Crippen molar-refractivity contribution >= 4 is 16.7 Å². The van der Waals surface area contributed by atoms with Crippen molar-refractivity contribution in [1.29, 1.82) is 0 Å². The molecule has 1 saturated heterocycles. The highest BCUT2D eigenvalue weighted by Gasteiger charge is 2.18. The van der Waals surface area contributed by atoms with Crippen LogP contribution in [-0.4, -0.2) is 56.2 Å². The van der Waals surface area contributed by atoms with E-state index in [1.54, 1.807) is 13.8 Å². The number of H-pyrrole nitrogens is 1. The maximum absolute atomic E-state index is 11.9. The third-order valence-electron chi connectivity index (χ3n) is 5.57. The second kappa shape index (κ2) is 7.92. The van der Waals surface area contributed by atoms with Crippen molar-refractivity contribution in [3.63, 3.8) is 0 Å². The number of aryl methyl sites for hydroxylation is 2. The van der Waals surface area contributed by atoms with E-state index in [1.807, 2.05) is 36.7 Å². The van der Waals surface area contributed by atoms with Crippen LogP contribution in [0.1, 0.15) is 17.0 Å². The predicted octanol–water partition coefficient (Wildman–Crippen LogP) is 2.31. The Bertz CT molecular complexity index is 1270. The molecule has 4 aromatic rings. The Morgan fingerprint density at radius 3 is 2.58 bits per heavy atom. The van der Waals surface area contributed by atoms with Gasteiger partial charge in [-0.2, -0.15) is 0 Å². The molecule has 0 radical (unpaired) electrons. The minimum absolute atomic E-state index is 0.0612. The average molecular weight is 417 g/mol. The second-order valence-corrected chi connectivity index (χ2v) is 7.85. The van der Waals surface area contributed by atoms with Gasteiger partial charge < -0.3 is 14.3 Å². The Morgan fingerprint density at radius 1 is 1.03 bits per heavy atom. The molecule has 1 fully saturated rings. The highest BCUT2D eigenvalue weighted by Crippen LogP contribution is 2.21. The molecule has 9 heteroatoms. The third kappa shape index (κ3) is 4.04. The maximum atomic E-state index is 11.9. The van der Waals surface area contributed by atoms with Gasteiger partial charge in [-0.1, -0.05) is 0 Å². The number of nitrogens with zero attached hydrogens (tertiary/aromatic N) is 6. The van der Waals surface area contributed by atoms with Crippen LogP contribution < -0.4 is 10.5 Å². The van der Waals surface area contributed by atoms with Crippen molar-refractivity contribution in [3.05, 3.63) is 64.0 Å². The molecule has 0 aromatic carbocycles. The van der Waals surface area contributed by atoms with Gasteiger partial charge in [0.15, 0.2) is 0 Å². The molecular weight excluding hydrogens is 394 g/mol. The first-order valence-electron chi connectivity index (χ1n) is 10.3. The van der Waals surface area contributed by atoms with Crippen molar-refractivity contribution < 1.29 is 4.42 Å². The van der Waals surface area contributed by atoms with E-state index in [0.717, 1.165) is 55.0 Å². The van der Waals surface area contributed by atoms with Crippen LogP contribution >= 0.6 is 0 Å². The molecule has 0 unspecified atom stereocenters. The Morgan fingerprint density at radius 2 is 1.87 bits per heavy atom. The molecule has 0 spiro atoms. The summed E-state index contributed by atoms with van der Waals surface area (Å²) in [5, 5.41) is 7.86. The number of aromatic amines is 1. The SMILES string of the molecule is Cc1nnc(-c2ccc(N3CCN(Cc4cnc5cc(C)c(=O)[nH]c5c4)CC3)cn2)o1. The third-order valence-corrected chi connectivity index (χ3v) is 5.57. The Balaban J connectivity index is 1.22. The molecule has 1 aliphatic rings. The normalized spacial score (nSPS) is 15.0. The van der Waals surface area contributed by atoms with E-state index in [9.17, 15) is 4.79 Å². The van der Waals surface area contributed by atoms with Crippen LogP contribution in [0, 0.1) is 13.8 Å². The topological polar surface area (TPSA) is 104 Å². The van der Waals surface area contributed by atoms with Gasteiger partial charge in [-0.05, 0) is 36.8 Å². The molecule has 158 valence electrons. The Labute approximate surface area is 178 Å². The van der Waals surface area contributed by atoms with Crippen LogP contribution in [0.25, 0.3) is 22.6 Å². The summed E-state index contributed by atoms with van der Waals surface area (Å²) in [7, 11) is 0. The zero-order valence-corrected chi connectivity index (χ0v) is 17.5. The largest absolute Gasteiger partial charge is 0.420 e. The van der Waals surface area contributed by atoms with E-state index >= 15 is 0 Å². The molecule has 0 amide bonds. The number of fused-ring (bicyclic) bond motifs is 1. The fourth-order valence-electron chi connectivity index (χ4n) is 3.83. The quantitative estimate of drug-likeness (QED) is 0.539. The van der Waals surface area contributed by atoms with Gasteiger partial charge in [-0.15, -0.1) is 10.2 Å². The minimum atomic E-state index is -0.0612. The first-order valence-corrected chi connectivity index (χ1v) is 10.3. The summed E-state index contributed by atoms with van der Waals surface area (Å²) in [5.41, 5.74) is 5.08. The monoisotopic (exact) mass is 417 g/mol. The molecule has 1 N–H and O–H groups in total. The molecule has 0 bridgehead atoms. The summed E-state index contributed by atoms with van der Waals surface area (Å²) >= 11 is 0. The van der Waals surface area contributed by atoms with Crippen molar-refractivity contribution in [1.82, 2.24) is 30.0 Å². The van der Waals surface area contributed by atoms with Crippen molar-refractivity contribution in [2.75, 3.05) is 31.1 Å². The fraction of sp³-hybridized carbons (Fsp3) is 0.318. The van der Waals surface area contributed by atoms with Crippen LogP contribution in [0.4, 0.5) is 5.69 Å². The number of pyridine rings is 3. The smallest absolute Gasteiger partial charge is 0.266 e. The van der Waals surface area contributed by atoms with Crippen LogP contribution in [0.5, 0.6) is 0 Å². The first-order chi connectivity index (χ1) is 15.0. The van der Waals surface area contributed by atoms with Crippen LogP contribution in [0.3, 0.4) is 0 Å². The van der Waals surface area contributed by atoms with Crippen molar-refractivity contribution in [2.45, 2.75) is 20.4 Å². The highest BCUT2D eigenvalue weighted by atomic mass is 16.4. The number of piperazine rings is 1. The zero-order valence-electron chi connectivity index (χ0n) is 17.5. The molecule has 0 atom stereocenters. The second-order valence-electron chi connectivity index (χ2n) is 7.85. The van der Waals surface area contributed by atoms with Gasteiger partial charge >= 0.3 is 0 Å². The van der Waals surface area contributed by atoms with E-state index < -0.39 is 0 Å². The van der Waals surface area contributed by atoms with Crippen molar-refractivity contribution in [3.8, 4) is 11.6 Å². The number of hydrogen-bond acceptors (Lipinski definition) is 8. The van der Waals surface area contributed by atoms with Gasteiger partial charge in [-0.3, -0.25) is 14.7 Å². The molecular formula is C22H23N7O2. The van der Waals surface area contributed by atoms with Crippen LogP contribution in [0.2, 0.25) is 0 Å². The van der Waals surface area contributed by atoms with Gasteiger partial charge in [0, 0.05) is 51.4 Å². The molecule has 31 heavy (non-hydrogen) atoms. The Kier molecular flexibility index (Phi) is 4.95. The van der Waals surface area contributed by atoms with Crippen molar-refractivity contribution in [2.24, 2.45) is 0 Å². The first kappa shape index (κ1) is 19.4. The number of anilines is 1. The number of hydrogen-bond donors (Lipinski definition) is 1. The van der Waals surface area contributed by atoms with E-state index in [-0.39, 0.29) is 5.56 Å². The molecule has 0 aliphatic carbocycles. The van der Waals surface area contributed by atoms with Gasteiger partial charge in [0.2, 0.25) is 5.89 Å². The zero-order chi connectivity index (χ0) is 21.4. The van der Waals surface area contributed by atoms with Gasteiger partial charge in [0.1, 0.15) is 5.69 Å². The maximum Gasteiger partial charge on any atom is 0.266 e.